The van der Waals surface area contributed by atoms with Gasteiger partial charge in [-0.1, -0.05) is 12.1 Å². The number of esters is 1. The van der Waals surface area contributed by atoms with Crippen LogP contribution in [-0.2, 0) is 27.3 Å². The van der Waals surface area contributed by atoms with Crippen molar-refractivity contribution in [2.45, 2.75) is 46.3 Å². The second-order valence-electron chi connectivity index (χ2n) is 7.12. The standard InChI is InChI=1S/C20H26N2O5S/c1-14-22-16(13-28-14)12-26-17-7-5-15(6-8-17)9-10-25-19(24)21-11-18(23)27-20(2,3)4/h5-8,13H,9-12H2,1-4H3,(H,21,24). The van der Waals surface area contributed by atoms with E-state index in [4.69, 9.17) is 14.2 Å². The zero-order valence-electron chi connectivity index (χ0n) is 16.6. The van der Waals surface area contributed by atoms with Gasteiger partial charge in [-0.2, -0.15) is 0 Å². The summed E-state index contributed by atoms with van der Waals surface area (Å²) in [5.74, 6) is 0.248. The van der Waals surface area contributed by atoms with E-state index in [2.05, 4.69) is 10.3 Å². The molecule has 1 amide bonds. The van der Waals surface area contributed by atoms with E-state index in [0.29, 0.717) is 13.0 Å². The SMILES string of the molecule is Cc1nc(COc2ccc(CCOC(=O)NCC(=O)OC(C)(C)C)cc2)cs1. The highest BCUT2D eigenvalue weighted by Gasteiger charge is 2.16. The van der Waals surface area contributed by atoms with E-state index in [1.54, 1.807) is 32.1 Å². The first-order valence-corrected chi connectivity index (χ1v) is 9.84. The lowest BCUT2D eigenvalue weighted by molar-refractivity contribution is -0.153. The molecule has 28 heavy (non-hydrogen) atoms. The number of aromatic nitrogens is 1. The molecule has 7 nitrogen and oxygen atoms in total. The molecule has 0 aliphatic rings. The quantitative estimate of drug-likeness (QED) is 0.674. The number of hydrogen-bond acceptors (Lipinski definition) is 7. The Balaban J connectivity index is 1.64. The van der Waals surface area contributed by atoms with E-state index in [-0.39, 0.29) is 13.2 Å². The molecule has 1 heterocycles. The Labute approximate surface area is 169 Å². The van der Waals surface area contributed by atoms with E-state index in [1.165, 1.54) is 0 Å². The average Bonchev–Trinajstić information content (AvgIpc) is 3.03. The number of nitrogens with one attached hydrogen (secondary N) is 1. The highest BCUT2D eigenvalue weighted by Crippen LogP contribution is 2.16. The summed E-state index contributed by atoms with van der Waals surface area (Å²) in [6, 6.07) is 7.58. The van der Waals surface area contributed by atoms with Gasteiger partial charge in [0.05, 0.1) is 17.3 Å². The Morgan fingerprint density at radius 2 is 1.89 bits per heavy atom. The molecule has 0 saturated carbocycles. The predicted molar refractivity (Wildman–Crippen MR) is 107 cm³/mol. The van der Waals surface area contributed by atoms with E-state index in [9.17, 15) is 9.59 Å². The van der Waals surface area contributed by atoms with E-state index >= 15 is 0 Å². The van der Waals surface area contributed by atoms with Gasteiger partial charge >= 0.3 is 12.1 Å². The van der Waals surface area contributed by atoms with Gasteiger partial charge in [0.2, 0.25) is 0 Å². The normalized spacial score (nSPS) is 11.0. The minimum Gasteiger partial charge on any atom is -0.487 e. The molecule has 0 bridgehead atoms. The maximum Gasteiger partial charge on any atom is 0.407 e. The molecule has 2 aromatic rings. The highest BCUT2D eigenvalue weighted by atomic mass is 32.1. The van der Waals surface area contributed by atoms with Crippen LogP contribution in [0.25, 0.3) is 0 Å². The molecular formula is C20H26N2O5S. The molecule has 1 aromatic carbocycles. The number of alkyl carbamates (subject to hydrolysis) is 1. The summed E-state index contributed by atoms with van der Waals surface area (Å²) in [7, 11) is 0. The van der Waals surface area contributed by atoms with Gasteiger partial charge in [0, 0.05) is 11.8 Å². The Bertz CT molecular complexity index is 781. The first-order chi connectivity index (χ1) is 13.2. The number of carbonyl (C=O) groups excluding carboxylic acids is 2. The van der Waals surface area contributed by atoms with Crippen LogP contribution in [0.3, 0.4) is 0 Å². The minimum atomic E-state index is -0.649. The number of benzene rings is 1. The summed E-state index contributed by atoms with van der Waals surface area (Å²) in [6.45, 7) is 7.67. The molecular weight excluding hydrogens is 380 g/mol. The number of rotatable bonds is 8. The number of thiazole rings is 1. The first kappa shape index (κ1) is 21.7. The van der Waals surface area contributed by atoms with Crippen molar-refractivity contribution in [2.75, 3.05) is 13.2 Å². The summed E-state index contributed by atoms with van der Waals surface area (Å²) >= 11 is 1.60. The monoisotopic (exact) mass is 406 g/mol. The van der Waals surface area contributed by atoms with Crippen LogP contribution in [0.4, 0.5) is 4.79 Å². The van der Waals surface area contributed by atoms with Gasteiger partial charge in [0.25, 0.3) is 0 Å². The van der Waals surface area contributed by atoms with Crippen molar-refractivity contribution in [3.63, 3.8) is 0 Å². The van der Waals surface area contributed by atoms with Crippen LogP contribution in [0.2, 0.25) is 0 Å². The largest absolute Gasteiger partial charge is 0.487 e. The van der Waals surface area contributed by atoms with Gasteiger partial charge < -0.3 is 19.5 Å². The number of nitrogens with zero attached hydrogens (tertiary/aromatic N) is 1. The predicted octanol–water partition coefficient (Wildman–Crippen LogP) is 3.64. The zero-order chi connectivity index (χ0) is 20.6. The molecule has 1 N–H and O–H groups in total. The molecule has 0 aliphatic carbocycles. The Morgan fingerprint density at radius 1 is 1.18 bits per heavy atom. The van der Waals surface area contributed by atoms with Crippen LogP contribution in [-0.4, -0.2) is 35.8 Å². The smallest absolute Gasteiger partial charge is 0.407 e. The molecule has 2 rings (SSSR count). The molecule has 0 atom stereocenters. The van der Waals surface area contributed by atoms with Crippen molar-refractivity contribution < 1.29 is 23.8 Å². The fourth-order valence-electron chi connectivity index (χ4n) is 2.22. The summed E-state index contributed by atoms with van der Waals surface area (Å²) in [4.78, 5) is 27.5. The number of amides is 1. The summed E-state index contributed by atoms with van der Waals surface area (Å²) in [5.41, 5.74) is 1.34. The molecule has 152 valence electrons. The number of hydrogen-bond donors (Lipinski definition) is 1. The van der Waals surface area contributed by atoms with Gasteiger partial charge in [0.15, 0.2) is 0 Å². The molecule has 0 spiro atoms. The average molecular weight is 407 g/mol. The van der Waals surface area contributed by atoms with Crippen LogP contribution in [0, 0.1) is 6.92 Å². The maximum absolute atomic E-state index is 11.6. The van der Waals surface area contributed by atoms with Crippen molar-refractivity contribution in [3.8, 4) is 5.75 Å². The van der Waals surface area contributed by atoms with Gasteiger partial charge in [-0.3, -0.25) is 4.79 Å². The van der Waals surface area contributed by atoms with Crippen molar-refractivity contribution in [1.82, 2.24) is 10.3 Å². The fourth-order valence-corrected chi connectivity index (χ4v) is 2.82. The Morgan fingerprint density at radius 3 is 2.50 bits per heavy atom. The van der Waals surface area contributed by atoms with Crippen LogP contribution in [0.5, 0.6) is 5.75 Å². The van der Waals surface area contributed by atoms with Gasteiger partial charge in [-0.25, -0.2) is 9.78 Å². The zero-order valence-corrected chi connectivity index (χ0v) is 17.4. The number of carbonyl (C=O) groups is 2. The lowest BCUT2D eigenvalue weighted by Gasteiger charge is -2.19. The van der Waals surface area contributed by atoms with Crippen molar-refractivity contribution >= 4 is 23.4 Å². The first-order valence-electron chi connectivity index (χ1n) is 8.96. The third-order valence-corrected chi connectivity index (χ3v) is 4.22. The second kappa shape index (κ2) is 10.1. The lowest BCUT2D eigenvalue weighted by atomic mass is 10.1. The third-order valence-electron chi connectivity index (χ3n) is 3.40. The Kier molecular flexibility index (Phi) is 7.80. The van der Waals surface area contributed by atoms with Crippen LogP contribution < -0.4 is 10.1 Å². The maximum atomic E-state index is 11.6. The fraction of sp³-hybridized carbons (Fsp3) is 0.450. The van der Waals surface area contributed by atoms with Crippen molar-refractivity contribution in [3.05, 3.63) is 45.9 Å². The molecule has 0 radical (unpaired) electrons. The van der Waals surface area contributed by atoms with Crippen LogP contribution in [0.15, 0.2) is 29.6 Å². The van der Waals surface area contributed by atoms with E-state index in [1.807, 2.05) is 36.6 Å². The van der Waals surface area contributed by atoms with Gasteiger partial charge in [0.1, 0.15) is 24.5 Å². The summed E-state index contributed by atoms with van der Waals surface area (Å²) in [5, 5.41) is 5.37. The topological polar surface area (TPSA) is 86.8 Å². The Hall–Kier alpha value is -2.61. The molecule has 0 unspecified atom stereocenters. The molecule has 8 heteroatoms. The molecule has 1 aromatic heterocycles. The number of ether oxygens (including phenoxy) is 3. The van der Waals surface area contributed by atoms with Gasteiger partial charge in [-0.05, 0) is 45.4 Å². The number of aryl methyl sites for hydroxylation is 1. The van der Waals surface area contributed by atoms with E-state index in [0.717, 1.165) is 22.0 Å². The minimum absolute atomic E-state index is 0.207. The summed E-state index contributed by atoms with van der Waals surface area (Å²) < 4.78 is 15.9. The van der Waals surface area contributed by atoms with Gasteiger partial charge in [-0.15, -0.1) is 11.3 Å². The van der Waals surface area contributed by atoms with Crippen molar-refractivity contribution in [2.24, 2.45) is 0 Å². The molecule has 0 aliphatic heterocycles. The molecule has 0 saturated heterocycles. The lowest BCUT2D eigenvalue weighted by Crippen LogP contribution is -2.35. The van der Waals surface area contributed by atoms with E-state index < -0.39 is 17.7 Å². The van der Waals surface area contributed by atoms with Crippen molar-refractivity contribution in [1.29, 1.82) is 0 Å². The molecule has 0 fully saturated rings. The second-order valence-corrected chi connectivity index (χ2v) is 8.18. The summed E-state index contributed by atoms with van der Waals surface area (Å²) in [6.07, 6.45) is -0.0878. The highest BCUT2D eigenvalue weighted by molar-refractivity contribution is 7.09. The van der Waals surface area contributed by atoms with Crippen LogP contribution >= 0.6 is 11.3 Å². The third kappa shape index (κ3) is 8.39. The van der Waals surface area contributed by atoms with Crippen LogP contribution in [0.1, 0.15) is 37.0 Å².